The SMILES string of the molecule is O=C(CCl)Cc1cc(F)cc(F)c1. The molecule has 0 aromatic heterocycles. The van der Waals surface area contributed by atoms with E-state index in [0.717, 1.165) is 18.2 Å². The van der Waals surface area contributed by atoms with Gasteiger partial charge in [0.1, 0.15) is 11.6 Å². The van der Waals surface area contributed by atoms with Crippen molar-refractivity contribution in [1.82, 2.24) is 0 Å². The summed E-state index contributed by atoms with van der Waals surface area (Å²) < 4.78 is 25.2. The maximum absolute atomic E-state index is 12.6. The zero-order chi connectivity index (χ0) is 9.84. The Bertz CT molecular complexity index is 305. The van der Waals surface area contributed by atoms with Crippen LogP contribution in [0.3, 0.4) is 0 Å². The van der Waals surface area contributed by atoms with Gasteiger partial charge in [0.15, 0.2) is 5.78 Å². The first-order chi connectivity index (χ1) is 6.11. The molecule has 0 saturated heterocycles. The summed E-state index contributed by atoms with van der Waals surface area (Å²) in [4.78, 5) is 10.8. The van der Waals surface area contributed by atoms with Gasteiger partial charge in [0.2, 0.25) is 0 Å². The molecule has 0 aliphatic carbocycles. The second kappa shape index (κ2) is 4.33. The van der Waals surface area contributed by atoms with E-state index in [2.05, 4.69) is 0 Å². The Labute approximate surface area is 79.3 Å². The lowest BCUT2D eigenvalue weighted by molar-refractivity contribution is -0.116. The van der Waals surface area contributed by atoms with Gasteiger partial charge in [-0.25, -0.2) is 8.78 Å². The Hall–Kier alpha value is -0.960. The first-order valence-corrected chi connectivity index (χ1v) is 4.18. The molecule has 0 aliphatic heterocycles. The van der Waals surface area contributed by atoms with Crippen molar-refractivity contribution in [1.29, 1.82) is 0 Å². The summed E-state index contributed by atoms with van der Waals surface area (Å²) in [6.45, 7) is 0. The summed E-state index contributed by atoms with van der Waals surface area (Å²) in [6.07, 6.45) is -0.0296. The van der Waals surface area contributed by atoms with Crippen LogP contribution in [-0.4, -0.2) is 11.7 Å². The molecular formula is C9H7ClF2O. The molecule has 13 heavy (non-hydrogen) atoms. The Morgan fingerprint density at radius 1 is 1.23 bits per heavy atom. The normalized spacial score (nSPS) is 10.1. The molecule has 70 valence electrons. The predicted molar refractivity (Wildman–Crippen MR) is 45.8 cm³/mol. The lowest BCUT2D eigenvalue weighted by Crippen LogP contribution is -2.04. The Kier molecular flexibility index (Phi) is 3.37. The van der Waals surface area contributed by atoms with E-state index in [1.807, 2.05) is 0 Å². The number of Topliss-reactive ketones (excluding diaryl/α,β-unsaturated/α-hetero) is 1. The molecule has 4 heteroatoms. The van der Waals surface area contributed by atoms with Crippen molar-refractivity contribution in [3.05, 3.63) is 35.4 Å². The number of hydrogen-bond acceptors (Lipinski definition) is 1. The van der Waals surface area contributed by atoms with Gasteiger partial charge in [-0.3, -0.25) is 4.79 Å². The molecule has 0 fully saturated rings. The third kappa shape index (κ3) is 3.11. The quantitative estimate of drug-likeness (QED) is 0.691. The van der Waals surface area contributed by atoms with Crippen molar-refractivity contribution >= 4 is 17.4 Å². The van der Waals surface area contributed by atoms with Crippen LogP contribution in [-0.2, 0) is 11.2 Å². The van der Waals surface area contributed by atoms with Crippen molar-refractivity contribution in [2.24, 2.45) is 0 Å². The molecule has 0 aliphatic rings. The lowest BCUT2D eigenvalue weighted by Gasteiger charge is -1.99. The Morgan fingerprint density at radius 3 is 2.23 bits per heavy atom. The number of carbonyl (C=O) groups excluding carboxylic acids is 1. The van der Waals surface area contributed by atoms with Crippen LogP contribution in [0.25, 0.3) is 0 Å². The molecule has 0 spiro atoms. The molecule has 0 saturated carbocycles. The number of carbonyl (C=O) groups is 1. The fourth-order valence-corrected chi connectivity index (χ4v) is 1.08. The number of ketones is 1. The van der Waals surface area contributed by atoms with Crippen LogP contribution < -0.4 is 0 Å². The van der Waals surface area contributed by atoms with E-state index in [1.165, 1.54) is 0 Å². The minimum Gasteiger partial charge on any atom is -0.298 e. The summed E-state index contributed by atoms with van der Waals surface area (Å²) >= 11 is 5.24. The van der Waals surface area contributed by atoms with Gasteiger partial charge in [0.05, 0.1) is 5.88 Å². The molecule has 1 aromatic rings. The standard InChI is InChI=1S/C9H7ClF2O/c10-5-9(13)3-6-1-7(11)4-8(12)2-6/h1-2,4H,3,5H2. The summed E-state index contributed by atoms with van der Waals surface area (Å²) in [7, 11) is 0. The summed E-state index contributed by atoms with van der Waals surface area (Å²) in [5, 5.41) is 0. The fourth-order valence-electron chi connectivity index (χ4n) is 0.988. The molecule has 0 amide bonds. The monoisotopic (exact) mass is 204 g/mol. The van der Waals surface area contributed by atoms with E-state index in [0.29, 0.717) is 5.56 Å². The Morgan fingerprint density at radius 2 is 1.77 bits per heavy atom. The average Bonchev–Trinajstić information content (AvgIpc) is 2.02. The van der Waals surface area contributed by atoms with Crippen molar-refractivity contribution in [2.45, 2.75) is 6.42 Å². The molecule has 1 nitrogen and oxygen atoms in total. The summed E-state index contributed by atoms with van der Waals surface area (Å²) in [5.74, 6) is -1.76. The van der Waals surface area contributed by atoms with Crippen LogP contribution in [0, 0.1) is 11.6 Å². The van der Waals surface area contributed by atoms with Gasteiger partial charge in [-0.1, -0.05) is 0 Å². The largest absolute Gasteiger partial charge is 0.298 e. The third-order valence-corrected chi connectivity index (χ3v) is 1.77. The minimum absolute atomic E-state index is 0.0296. The van der Waals surface area contributed by atoms with Gasteiger partial charge in [-0.2, -0.15) is 0 Å². The van der Waals surface area contributed by atoms with Crippen LogP contribution in [0.5, 0.6) is 0 Å². The maximum atomic E-state index is 12.6. The van der Waals surface area contributed by atoms with Crippen molar-refractivity contribution in [2.75, 3.05) is 5.88 Å². The fraction of sp³-hybridized carbons (Fsp3) is 0.222. The Balaban J connectivity index is 2.83. The van der Waals surface area contributed by atoms with Crippen LogP contribution >= 0.6 is 11.6 Å². The molecule has 0 radical (unpaired) electrons. The highest BCUT2D eigenvalue weighted by atomic mass is 35.5. The molecule has 1 aromatic carbocycles. The zero-order valence-corrected chi connectivity index (χ0v) is 7.44. The van der Waals surface area contributed by atoms with Gasteiger partial charge >= 0.3 is 0 Å². The van der Waals surface area contributed by atoms with E-state index in [-0.39, 0.29) is 18.1 Å². The molecular weight excluding hydrogens is 198 g/mol. The van der Waals surface area contributed by atoms with Crippen LogP contribution in [0.1, 0.15) is 5.56 Å². The predicted octanol–water partition coefficient (Wildman–Crippen LogP) is 2.32. The number of benzene rings is 1. The van der Waals surface area contributed by atoms with Gasteiger partial charge < -0.3 is 0 Å². The van der Waals surface area contributed by atoms with Crippen molar-refractivity contribution in [3.8, 4) is 0 Å². The second-order valence-corrected chi connectivity index (χ2v) is 2.89. The molecule has 0 atom stereocenters. The minimum atomic E-state index is -0.683. The summed E-state index contributed by atoms with van der Waals surface area (Å²) in [5.41, 5.74) is 0.308. The number of hydrogen-bond donors (Lipinski definition) is 0. The van der Waals surface area contributed by atoms with Crippen LogP contribution in [0.4, 0.5) is 8.78 Å². The zero-order valence-electron chi connectivity index (χ0n) is 6.69. The molecule has 0 unspecified atom stereocenters. The highest BCUT2D eigenvalue weighted by Gasteiger charge is 2.05. The molecule has 1 rings (SSSR count). The van der Waals surface area contributed by atoms with E-state index in [1.54, 1.807) is 0 Å². The molecule has 0 bridgehead atoms. The van der Waals surface area contributed by atoms with Gasteiger partial charge in [-0.15, -0.1) is 11.6 Å². The van der Waals surface area contributed by atoms with Gasteiger partial charge in [0.25, 0.3) is 0 Å². The lowest BCUT2D eigenvalue weighted by atomic mass is 10.1. The van der Waals surface area contributed by atoms with Crippen molar-refractivity contribution in [3.63, 3.8) is 0 Å². The highest BCUT2D eigenvalue weighted by Crippen LogP contribution is 2.08. The van der Waals surface area contributed by atoms with Gasteiger partial charge in [0, 0.05) is 12.5 Å². The first kappa shape index (κ1) is 10.1. The van der Waals surface area contributed by atoms with Crippen molar-refractivity contribution < 1.29 is 13.6 Å². The smallest absolute Gasteiger partial charge is 0.151 e. The topological polar surface area (TPSA) is 17.1 Å². The van der Waals surface area contributed by atoms with E-state index in [4.69, 9.17) is 11.6 Å². The average molecular weight is 205 g/mol. The highest BCUT2D eigenvalue weighted by molar-refractivity contribution is 6.27. The third-order valence-electron chi connectivity index (χ3n) is 1.47. The van der Waals surface area contributed by atoms with Crippen LogP contribution in [0.15, 0.2) is 18.2 Å². The van der Waals surface area contributed by atoms with E-state index < -0.39 is 11.6 Å². The number of rotatable bonds is 3. The summed E-state index contributed by atoms with van der Waals surface area (Å²) in [6, 6.07) is 3.00. The molecule has 0 heterocycles. The number of alkyl halides is 1. The van der Waals surface area contributed by atoms with Gasteiger partial charge in [-0.05, 0) is 17.7 Å². The second-order valence-electron chi connectivity index (χ2n) is 2.63. The van der Waals surface area contributed by atoms with E-state index >= 15 is 0 Å². The molecule has 0 N–H and O–H groups in total. The van der Waals surface area contributed by atoms with Crippen LogP contribution in [0.2, 0.25) is 0 Å². The van der Waals surface area contributed by atoms with E-state index in [9.17, 15) is 13.6 Å². The maximum Gasteiger partial charge on any atom is 0.151 e. The number of halogens is 3. The first-order valence-electron chi connectivity index (χ1n) is 3.64.